The third-order valence-electron chi connectivity index (χ3n) is 4.51. The zero-order chi connectivity index (χ0) is 19.7. The Hall–Kier alpha value is -3.35. The average molecular weight is 368 g/mol. The number of carbonyl (C=O) groups is 2. The van der Waals surface area contributed by atoms with Crippen LogP contribution in [-0.4, -0.2) is 32.6 Å². The topological polar surface area (TPSA) is 90.5 Å². The smallest absolute Gasteiger partial charge is 0.358 e. The van der Waals surface area contributed by atoms with E-state index in [1.54, 1.807) is 57.3 Å². The molecule has 0 unspecified atom stereocenters. The highest BCUT2D eigenvalue weighted by molar-refractivity contribution is 6.01. The molecule has 0 radical (unpaired) electrons. The van der Waals surface area contributed by atoms with Gasteiger partial charge in [0.2, 0.25) is 0 Å². The van der Waals surface area contributed by atoms with Crippen LogP contribution in [0.5, 0.6) is 5.75 Å². The molecule has 0 spiro atoms. The number of pyridine rings is 1. The van der Waals surface area contributed by atoms with Gasteiger partial charge in [-0.25, -0.2) is 4.79 Å². The van der Waals surface area contributed by atoms with Crippen molar-refractivity contribution in [1.82, 2.24) is 9.13 Å². The van der Waals surface area contributed by atoms with Gasteiger partial charge in [-0.05, 0) is 19.9 Å². The summed E-state index contributed by atoms with van der Waals surface area (Å²) in [5.74, 6) is -1.37. The van der Waals surface area contributed by atoms with E-state index in [2.05, 4.69) is 0 Å². The van der Waals surface area contributed by atoms with E-state index in [-0.39, 0.29) is 30.0 Å². The van der Waals surface area contributed by atoms with Crippen LogP contribution in [0.4, 0.5) is 0 Å². The second kappa shape index (κ2) is 7.11. The fourth-order valence-electron chi connectivity index (χ4n) is 3.13. The molecular formula is C20H20N2O5. The predicted octanol–water partition coefficient (Wildman–Crippen LogP) is 2.41. The molecule has 0 aliphatic carbocycles. The maximum atomic E-state index is 13.0. The second-order valence-corrected chi connectivity index (χ2v) is 6.20. The highest BCUT2D eigenvalue weighted by Crippen LogP contribution is 2.30. The van der Waals surface area contributed by atoms with Crippen LogP contribution >= 0.6 is 0 Å². The largest absolute Gasteiger partial charge is 0.505 e. The van der Waals surface area contributed by atoms with Crippen molar-refractivity contribution in [2.45, 2.75) is 20.4 Å². The van der Waals surface area contributed by atoms with Crippen LogP contribution in [0.15, 0.2) is 41.2 Å². The quantitative estimate of drug-likeness (QED) is 0.552. The number of aromatic nitrogens is 2. The van der Waals surface area contributed by atoms with Gasteiger partial charge in [0.05, 0.1) is 18.7 Å². The molecule has 7 heteroatoms. The van der Waals surface area contributed by atoms with Gasteiger partial charge in [0.1, 0.15) is 5.39 Å². The summed E-state index contributed by atoms with van der Waals surface area (Å²) in [4.78, 5) is 37.6. The van der Waals surface area contributed by atoms with Gasteiger partial charge in [-0.15, -0.1) is 0 Å². The van der Waals surface area contributed by atoms with E-state index >= 15 is 0 Å². The molecule has 1 N–H and O–H groups in total. The number of Topliss-reactive ketones (excluding diaryl/α,β-unsaturated/α-hetero) is 1. The van der Waals surface area contributed by atoms with Crippen molar-refractivity contribution in [3.8, 4) is 5.75 Å². The maximum absolute atomic E-state index is 13.0. The Morgan fingerprint density at radius 1 is 1.19 bits per heavy atom. The second-order valence-electron chi connectivity index (χ2n) is 6.20. The molecule has 27 heavy (non-hydrogen) atoms. The van der Waals surface area contributed by atoms with Gasteiger partial charge < -0.3 is 19.0 Å². The highest BCUT2D eigenvalue weighted by atomic mass is 16.5. The molecule has 0 fully saturated rings. The van der Waals surface area contributed by atoms with Gasteiger partial charge in [0, 0.05) is 18.3 Å². The lowest BCUT2D eigenvalue weighted by atomic mass is 10.1. The molecule has 3 rings (SSSR count). The zero-order valence-corrected chi connectivity index (χ0v) is 15.4. The number of aryl methyl sites for hydroxylation is 2. The van der Waals surface area contributed by atoms with Crippen LogP contribution in [0.2, 0.25) is 0 Å². The predicted molar refractivity (Wildman–Crippen MR) is 100 cm³/mol. The first kappa shape index (κ1) is 18.4. The number of esters is 1. The Labute approximate surface area is 155 Å². The third kappa shape index (κ3) is 3.12. The van der Waals surface area contributed by atoms with Gasteiger partial charge in [-0.1, -0.05) is 30.3 Å². The van der Waals surface area contributed by atoms with E-state index in [0.29, 0.717) is 16.8 Å². The van der Waals surface area contributed by atoms with Crippen LogP contribution in [0.3, 0.4) is 0 Å². The average Bonchev–Trinajstić information content (AvgIpc) is 2.89. The van der Waals surface area contributed by atoms with Crippen molar-refractivity contribution >= 4 is 22.7 Å². The molecule has 0 atom stereocenters. The number of hydrogen-bond acceptors (Lipinski definition) is 5. The van der Waals surface area contributed by atoms with Gasteiger partial charge in [-0.2, -0.15) is 0 Å². The summed E-state index contributed by atoms with van der Waals surface area (Å²) >= 11 is 0. The van der Waals surface area contributed by atoms with Gasteiger partial charge in [-0.3, -0.25) is 9.59 Å². The molecule has 0 amide bonds. The maximum Gasteiger partial charge on any atom is 0.358 e. The Morgan fingerprint density at radius 3 is 2.48 bits per heavy atom. The molecule has 0 saturated carbocycles. The first-order valence-corrected chi connectivity index (χ1v) is 8.54. The van der Waals surface area contributed by atoms with Crippen molar-refractivity contribution < 1.29 is 19.4 Å². The minimum absolute atomic E-state index is 0.00739. The summed E-state index contributed by atoms with van der Waals surface area (Å²) in [6.07, 6.45) is 0. The summed E-state index contributed by atoms with van der Waals surface area (Å²) in [5.41, 5.74) is 0.830. The van der Waals surface area contributed by atoms with Crippen LogP contribution in [0, 0.1) is 6.92 Å². The molecule has 0 aliphatic heterocycles. The molecule has 2 aromatic heterocycles. The third-order valence-corrected chi connectivity index (χ3v) is 4.51. The Bertz CT molecular complexity index is 1090. The number of ether oxygens (including phenoxy) is 1. The summed E-state index contributed by atoms with van der Waals surface area (Å²) in [5, 5.41) is 10.5. The van der Waals surface area contributed by atoms with Gasteiger partial charge in [0.15, 0.2) is 17.2 Å². The van der Waals surface area contributed by atoms with Crippen molar-refractivity contribution in [3.63, 3.8) is 0 Å². The van der Waals surface area contributed by atoms with E-state index in [9.17, 15) is 19.5 Å². The molecule has 7 nitrogen and oxygen atoms in total. The van der Waals surface area contributed by atoms with Crippen molar-refractivity contribution in [2.24, 2.45) is 7.05 Å². The van der Waals surface area contributed by atoms with Crippen LogP contribution < -0.4 is 5.56 Å². The van der Waals surface area contributed by atoms with Crippen LogP contribution in [-0.2, 0) is 18.3 Å². The molecule has 0 aliphatic rings. The number of nitrogens with zero attached hydrogens (tertiary/aromatic N) is 2. The number of benzene rings is 1. The van der Waals surface area contributed by atoms with Gasteiger partial charge in [0.25, 0.3) is 5.56 Å². The lowest BCUT2D eigenvalue weighted by Crippen LogP contribution is -2.26. The fourth-order valence-corrected chi connectivity index (χ4v) is 3.13. The van der Waals surface area contributed by atoms with Crippen LogP contribution in [0.25, 0.3) is 10.9 Å². The van der Waals surface area contributed by atoms with E-state index in [1.807, 2.05) is 0 Å². The van der Waals surface area contributed by atoms with Crippen LogP contribution in [0.1, 0.15) is 33.5 Å². The van der Waals surface area contributed by atoms with E-state index in [4.69, 9.17) is 4.74 Å². The number of hydrogen-bond donors (Lipinski definition) is 1. The highest BCUT2D eigenvalue weighted by Gasteiger charge is 2.25. The number of rotatable bonds is 5. The standard InChI is InChI=1S/C20H20N2O5/c1-4-27-20(26)17-18(24)16-14(21(17)3)10-12(2)22(19(16)25)11-15(23)13-8-6-5-7-9-13/h5-10,24H,4,11H2,1-3H3. The number of fused-ring (bicyclic) bond motifs is 1. The minimum atomic E-state index is -0.710. The molecule has 0 bridgehead atoms. The van der Waals surface area contributed by atoms with E-state index in [1.165, 1.54) is 9.13 Å². The first-order valence-electron chi connectivity index (χ1n) is 8.54. The van der Waals surface area contributed by atoms with E-state index in [0.717, 1.165) is 0 Å². The Morgan fingerprint density at radius 2 is 1.85 bits per heavy atom. The first-order chi connectivity index (χ1) is 12.9. The van der Waals surface area contributed by atoms with Crippen molar-refractivity contribution in [3.05, 3.63) is 63.7 Å². The number of ketones is 1. The molecule has 0 saturated heterocycles. The zero-order valence-electron chi connectivity index (χ0n) is 15.4. The molecule has 1 aromatic carbocycles. The molecular weight excluding hydrogens is 348 g/mol. The van der Waals surface area contributed by atoms with Crippen molar-refractivity contribution in [1.29, 1.82) is 0 Å². The number of aromatic hydroxyl groups is 1. The summed E-state index contributed by atoms with van der Waals surface area (Å²) in [6.45, 7) is 3.35. The summed E-state index contributed by atoms with van der Waals surface area (Å²) in [6, 6.07) is 10.3. The monoisotopic (exact) mass is 368 g/mol. The Kier molecular flexibility index (Phi) is 4.85. The number of carbonyl (C=O) groups excluding carboxylic acids is 2. The Balaban J connectivity index is 2.14. The van der Waals surface area contributed by atoms with Gasteiger partial charge >= 0.3 is 5.97 Å². The summed E-state index contributed by atoms with van der Waals surface area (Å²) in [7, 11) is 1.58. The van der Waals surface area contributed by atoms with E-state index < -0.39 is 17.3 Å². The molecule has 2 heterocycles. The van der Waals surface area contributed by atoms with Crippen molar-refractivity contribution in [2.75, 3.05) is 6.61 Å². The normalized spacial score (nSPS) is 10.9. The molecule has 3 aromatic rings. The SMILES string of the molecule is CCOC(=O)c1c(O)c2c(=O)n(CC(=O)c3ccccc3)c(C)cc2n1C. The minimum Gasteiger partial charge on any atom is -0.505 e. The lowest BCUT2D eigenvalue weighted by molar-refractivity contribution is 0.0512. The molecule has 140 valence electrons. The lowest BCUT2D eigenvalue weighted by Gasteiger charge is -2.10. The summed E-state index contributed by atoms with van der Waals surface area (Å²) < 4.78 is 7.69. The fraction of sp³-hybridized carbons (Fsp3) is 0.250.